The summed E-state index contributed by atoms with van der Waals surface area (Å²) in [5.41, 5.74) is 1.38. The quantitative estimate of drug-likeness (QED) is 0.675. The predicted octanol–water partition coefficient (Wildman–Crippen LogP) is 1.56. The number of hydrogen-bond donors (Lipinski definition) is 1. The third-order valence-corrected chi connectivity index (χ3v) is 5.00. The average Bonchev–Trinajstić information content (AvgIpc) is 3.17. The topological polar surface area (TPSA) is 116 Å². The molecule has 0 saturated carbocycles. The smallest absolute Gasteiger partial charge is 0.340 e. The standard InChI is InChI=1S/C16H15N5O4S/c1-11-5-3-8-14(16(22)25-2)15(11)18-26(23,24)13-7-4-6-12(9-13)21-10-17-19-20-21/h3-10,18H,1-2H3. The second-order valence-corrected chi connectivity index (χ2v) is 7.03. The number of benzene rings is 2. The number of anilines is 1. The van der Waals surface area contributed by atoms with Gasteiger partial charge in [0.2, 0.25) is 0 Å². The first-order chi connectivity index (χ1) is 12.4. The van der Waals surface area contributed by atoms with Crippen molar-refractivity contribution in [2.45, 2.75) is 11.8 Å². The number of sulfonamides is 1. The fourth-order valence-corrected chi connectivity index (χ4v) is 3.54. The molecule has 0 aliphatic rings. The largest absolute Gasteiger partial charge is 0.465 e. The zero-order valence-corrected chi connectivity index (χ0v) is 14.8. The molecule has 3 aromatic rings. The van der Waals surface area contributed by atoms with E-state index >= 15 is 0 Å². The summed E-state index contributed by atoms with van der Waals surface area (Å²) < 4.78 is 34.2. The lowest BCUT2D eigenvalue weighted by Crippen LogP contribution is -2.17. The molecule has 1 aromatic heterocycles. The van der Waals surface area contributed by atoms with Gasteiger partial charge < -0.3 is 4.74 Å². The van der Waals surface area contributed by atoms with Gasteiger partial charge in [0.05, 0.1) is 28.9 Å². The molecule has 0 amide bonds. The van der Waals surface area contributed by atoms with Crippen LogP contribution in [-0.4, -0.2) is 41.7 Å². The summed E-state index contributed by atoms with van der Waals surface area (Å²) in [6.45, 7) is 1.70. The Morgan fingerprint density at radius 3 is 2.65 bits per heavy atom. The molecule has 0 atom stereocenters. The number of aromatic nitrogens is 4. The Bertz CT molecular complexity index is 1050. The molecular weight excluding hydrogens is 358 g/mol. The van der Waals surface area contributed by atoms with E-state index in [1.165, 1.54) is 36.3 Å². The van der Waals surface area contributed by atoms with Crippen LogP contribution >= 0.6 is 0 Å². The highest BCUT2D eigenvalue weighted by Gasteiger charge is 2.21. The van der Waals surface area contributed by atoms with Gasteiger partial charge in [-0.05, 0) is 47.2 Å². The average molecular weight is 373 g/mol. The van der Waals surface area contributed by atoms with E-state index in [4.69, 9.17) is 4.74 Å². The number of ether oxygens (including phenoxy) is 1. The Balaban J connectivity index is 2.01. The van der Waals surface area contributed by atoms with Crippen LogP contribution in [0.5, 0.6) is 0 Å². The summed E-state index contributed by atoms with van der Waals surface area (Å²) in [5, 5.41) is 10.8. The van der Waals surface area contributed by atoms with Crippen molar-refractivity contribution in [3.63, 3.8) is 0 Å². The Morgan fingerprint density at radius 1 is 1.19 bits per heavy atom. The molecule has 134 valence electrons. The molecule has 10 heteroatoms. The third kappa shape index (κ3) is 3.40. The first kappa shape index (κ1) is 17.5. The number of nitrogens with one attached hydrogen (secondary N) is 1. The van der Waals surface area contributed by atoms with Gasteiger partial charge in [0.25, 0.3) is 10.0 Å². The molecule has 0 aliphatic heterocycles. The number of para-hydroxylation sites is 1. The normalized spacial score (nSPS) is 11.2. The van der Waals surface area contributed by atoms with Crippen LogP contribution < -0.4 is 4.72 Å². The van der Waals surface area contributed by atoms with E-state index in [9.17, 15) is 13.2 Å². The van der Waals surface area contributed by atoms with Crippen LogP contribution in [0.3, 0.4) is 0 Å². The minimum atomic E-state index is -3.95. The minimum Gasteiger partial charge on any atom is -0.465 e. The molecule has 9 nitrogen and oxygen atoms in total. The van der Waals surface area contributed by atoms with Crippen molar-refractivity contribution < 1.29 is 17.9 Å². The number of carbonyl (C=O) groups is 1. The highest BCUT2D eigenvalue weighted by molar-refractivity contribution is 7.92. The molecule has 1 heterocycles. The Labute approximate surface area is 149 Å². The van der Waals surface area contributed by atoms with Crippen LogP contribution in [0.25, 0.3) is 5.69 Å². The van der Waals surface area contributed by atoms with Gasteiger partial charge in [-0.2, -0.15) is 0 Å². The molecule has 3 rings (SSSR count). The summed E-state index contributed by atoms with van der Waals surface area (Å²) in [7, 11) is -2.72. The van der Waals surface area contributed by atoms with Crippen LogP contribution in [-0.2, 0) is 14.8 Å². The van der Waals surface area contributed by atoms with Gasteiger partial charge in [0, 0.05) is 0 Å². The molecule has 0 saturated heterocycles. The fraction of sp³-hybridized carbons (Fsp3) is 0.125. The number of esters is 1. The van der Waals surface area contributed by atoms with Gasteiger partial charge in [-0.15, -0.1) is 5.10 Å². The summed E-state index contributed by atoms with van der Waals surface area (Å²) in [5.74, 6) is -0.631. The Kier molecular flexibility index (Phi) is 4.67. The number of methoxy groups -OCH3 is 1. The first-order valence-corrected chi connectivity index (χ1v) is 8.95. The van der Waals surface area contributed by atoms with Gasteiger partial charge in [0.1, 0.15) is 6.33 Å². The van der Waals surface area contributed by atoms with Crippen molar-refractivity contribution >= 4 is 21.7 Å². The van der Waals surface area contributed by atoms with E-state index in [1.54, 1.807) is 31.2 Å². The van der Waals surface area contributed by atoms with Crippen molar-refractivity contribution in [3.8, 4) is 5.69 Å². The van der Waals surface area contributed by atoms with Crippen LogP contribution in [0.2, 0.25) is 0 Å². The molecule has 1 N–H and O–H groups in total. The van der Waals surface area contributed by atoms with Gasteiger partial charge in [0.15, 0.2) is 0 Å². The zero-order chi connectivity index (χ0) is 18.7. The van der Waals surface area contributed by atoms with Crippen molar-refractivity contribution in [1.82, 2.24) is 20.2 Å². The molecule has 0 radical (unpaired) electrons. The van der Waals surface area contributed by atoms with E-state index in [0.29, 0.717) is 11.3 Å². The highest BCUT2D eigenvalue weighted by Crippen LogP contribution is 2.25. The first-order valence-electron chi connectivity index (χ1n) is 7.46. The van der Waals surface area contributed by atoms with Crippen LogP contribution in [0.1, 0.15) is 15.9 Å². The number of nitrogens with zero attached hydrogens (tertiary/aromatic N) is 4. The summed E-state index contributed by atoms with van der Waals surface area (Å²) in [4.78, 5) is 11.9. The number of carbonyl (C=O) groups excluding carboxylic acids is 1. The lowest BCUT2D eigenvalue weighted by atomic mass is 10.1. The Morgan fingerprint density at radius 2 is 1.96 bits per heavy atom. The maximum atomic E-state index is 12.8. The molecule has 0 spiro atoms. The van der Waals surface area contributed by atoms with E-state index < -0.39 is 16.0 Å². The number of aryl methyl sites for hydroxylation is 1. The molecule has 0 fully saturated rings. The number of hydrogen-bond acceptors (Lipinski definition) is 7. The minimum absolute atomic E-state index is 0.00423. The van der Waals surface area contributed by atoms with E-state index in [1.807, 2.05) is 0 Å². The van der Waals surface area contributed by atoms with Gasteiger partial charge in [-0.3, -0.25) is 4.72 Å². The van der Waals surface area contributed by atoms with Crippen molar-refractivity contribution in [3.05, 3.63) is 59.9 Å². The second-order valence-electron chi connectivity index (χ2n) is 5.35. The SMILES string of the molecule is COC(=O)c1cccc(C)c1NS(=O)(=O)c1cccc(-n2cnnn2)c1. The van der Waals surface area contributed by atoms with Gasteiger partial charge in [-0.25, -0.2) is 17.9 Å². The van der Waals surface area contributed by atoms with Gasteiger partial charge in [-0.1, -0.05) is 18.2 Å². The molecule has 26 heavy (non-hydrogen) atoms. The van der Waals surface area contributed by atoms with E-state index in [-0.39, 0.29) is 16.1 Å². The van der Waals surface area contributed by atoms with E-state index in [2.05, 4.69) is 20.2 Å². The molecule has 0 aliphatic carbocycles. The van der Waals surface area contributed by atoms with Crippen LogP contribution in [0, 0.1) is 6.92 Å². The fourth-order valence-electron chi connectivity index (χ4n) is 2.35. The van der Waals surface area contributed by atoms with Crippen molar-refractivity contribution in [1.29, 1.82) is 0 Å². The Hall–Kier alpha value is -3.27. The summed E-state index contributed by atoms with van der Waals surface area (Å²) in [6.07, 6.45) is 1.36. The zero-order valence-electron chi connectivity index (χ0n) is 13.9. The highest BCUT2D eigenvalue weighted by atomic mass is 32.2. The number of tetrazole rings is 1. The van der Waals surface area contributed by atoms with Crippen LogP contribution in [0.4, 0.5) is 5.69 Å². The molecule has 2 aromatic carbocycles. The maximum absolute atomic E-state index is 12.8. The third-order valence-electron chi connectivity index (χ3n) is 3.66. The summed E-state index contributed by atoms with van der Waals surface area (Å²) in [6, 6.07) is 10.9. The number of rotatable bonds is 5. The van der Waals surface area contributed by atoms with Crippen molar-refractivity contribution in [2.24, 2.45) is 0 Å². The molecule has 0 unspecified atom stereocenters. The summed E-state index contributed by atoms with van der Waals surface area (Å²) >= 11 is 0. The molecular formula is C16H15N5O4S. The van der Waals surface area contributed by atoms with Crippen LogP contribution in [0.15, 0.2) is 53.7 Å². The predicted molar refractivity (Wildman–Crippen MR) is 92.5 cm³/mol. The molecule has 0 bridgehead atoms. The van der Waals surface area contributed by atoms with Gasteiger partial charge >= 0.3 is 5.97 Å². The lowest BCUT2D eigenvalue weighted by molar-refractivity contribution is 0.0602. The van der Waals surface area contributed by atoms with E-state index in [0.717, 1.165) is 0 Å². The van der Waals surface area contributed by atoms with Crippen molar-refractivity contribution in [2.75, 3.05) is 11.8 Å². The maximum Gasteiger partial charge on any atom is 0.340 e. The second kappa shape index (κ2) is 6.92. The lowest BCUT2D eigenvalue weighted by Gasteiger charge is -2.14. The monoisotopic (exact) mass is 373 g/mol.